The summed E-state index contributed by atoms with van der Waals surface area (Å²) >= 11 is 5.21. The van der Waals surface area contributed by atoms with Gasteiger partial charge < -0.3 is 48.8 Å². The second-order valence-electron chi connectivity index (χ2n) is 12.1. The van der Waals surface area contributed by atoms with Crippen molar-refractivity contribution in [2.75, 3.05) is 43.7 Å². The SMILES string of the molecule is CCC(C)(C)SSCOCCCCOC(=O)CCC#Cc1cn([C@H]2C[C@H](OCS(C)=S)[C@@H](COP(=O)(O)OP(=O)(O)OP(=O)(O)O)O2)c2ncnc(N)c12. The highest BCUT2D eigenvalue weighted by molar-refractivity contribution is 8.77. The molecule has 0 spiro atoms. The third-order valence-electron chi connectivity index (χ3n) is 7.29. The van der Waals surface area contributed by atoms with Gasteiger partial charge in [0.25, 0.3) is 0 Å². The Morgan fingerprint density at radius 2 is 1.89 bits per heavy atom. The third kappa shape index (κ3) is 16.9. The van der Waals surface area contributed by atoms with E-state index >= 15 is 0 Å². The summed E-state index contributed by atoms with van der Waals surface area (Å²) in [6.45, 7) is 6.67. The largest absolute Gasteiger partial charge is 0.490 e. The molecule has 6 atom stereocenters. The van der Waals surface area contributed by atoms with Gasteiger partial charge in [-0.1, -0.05) is 49.8 Å². The number of rotatable bonds is 23. The minimum Gasteiger partial charge on any atom is -0.466 e. The van der Waals surface area contributed by atoms with Crippen LogP contribution in [0.25, 0.3) is 11.0 Å². The Labute approximate surface area is 327 Å². The van der Waals surface area contributed by atoms with E-state index in [0.717, 1.165) is 12.8 Å². The molecule has 306 valence electrons. The Morgan fingerprint density at radius 1 is 1.17 bits per heavy atom. The third-order valence-corrected chi connectivity index (χ3v) is 15.0. The van der Waals surface area contributed by atoms with Crippen LogP contribution < -0.4 is 5.73 Å². The van der Waals surface area contributed by atoms with Gasteiger partial charge in [0.2, 0.25) is 0 Å². The minimum atomic E-state index is -5.72. The number of anilines is 1. The number of esters is 1. The first-order valence-electron chi connectivity index (χ1n) is 16.2. The van der Waals surface area contributed by atoms with E-state index in [-0.39, 0.29) is 48.3 Å². The Morgan fingerprint density at radius 3 is 2.57 bits per heavy atom. The van der Waals surface area contributed by atoms with Gasteiger partial charge in [0.05, 0.1) is 42.6 Å². The highest BCUT2D eigenvalue weighted by atomic mass is 33.1. The molecule has 0 aromatic carbocycles. The van der Waals surface area contributed by atoms with Crippen molar-refractivity contribution in [3.63, 3.8) is 0 Å². The zero-order chi connectivity index (χ0) is 40.2. The molecule has 19 nitrogen and oxygen atoms in total. The Hall–Kier alpha value is -0.990. The highest BCUT2D eigenvalue weighted by Gasteiger charge is 2.43. The number of phosphoric ester groups is 1. The number of carbonyl (C=O) groups excluding carboxylic acids is 1. The van der Waals surface area contributed by atoms with Gasteiger partial charge in [0.1, 0.15) is 36.1 Å². The number of hydrogen-bond donors (Lipinski definition) is 5. The Balaban J connectivity index is 1.59. The summed E-state index contributed by atoms with van der Waals surface area (Å²) in [6.07, 6.45) is 4.85. The monoisotopic (exact) mass is 898 g/mol. The van der Waals surface area contributed by atoms with Crippen LogP contribution in [-0.2, 0) is 71.2 Å². The predicted octanol–water partition coefficient (Wildman–Crippen LogP) is 4.70. The van der Waals surface area contributed by atoms with Crippen molar-refractivity contribution in [2.45, 2.75) is 82.5 Å². The van der Waals surface area contributed by atoms with Crippen LogP contribution in [0.3, 0.4) is 0 Å². The molecule has 0 bridgehead atoms. The molecular formula is C28H45N4O15P3S4. The number of carbonyl (C=O) groups is 1. The minimum absolute atomic E-state index is 0.0686. The van der Waals surface area contributed by atoms with Crippen molar-refractivity contribution in [1.29, 1.82) is 0 Å². The molecule has 6 N–H and O–H groups in total. The summed E-state index contributed by atoms with van der Waals surface area (Å²) in [6, 6.07) is 0. The van der Waals surface area contributed by atoms with Gasteiger partial charge in [-0.15, -0.1) is 0 Å². The molecule has 2 aromatic heterocycles. The van der Waals surface area contributed by atoms with E-state index < -0.39 is 58.0 Å². The van der Waals surface area contributed by atoms with Crippen LogP contribution in [0.15, 0.2) is 12.5 Å². The van der Waals surface area contributed by atoms with Gasteiger partial charge in [0, 0.05) is 30.4 Å². The van der Waals surface area contributed by atoms with Crippen molar-refractivity contribution in [3.05, 3.63) is 18.1 Å². The summed E-state index contributed by atoms with van der Waals surface area (Å²) in [5.74, 6) is 6.41. The van der Waals surface area contributed by atoms with Crippen molar-refractivity contribution < 1.29 is 70.2 Å². The number of nitrogens with zero attached hydrogens (tertiary/aromatic N) is 3. The number of fused-ring (bicyclic) bond motifs is 1. The molecule has 2 aromatic rings. The average Bonchev–Trinajstić information content (AvgIpc) is 3.64. The van der Waals surface area contributed by atoms with E-state index in [4.69, 9.17) is 50.2 Å². The van der Waals surface area contributed by atoms with Crippen LogP contribution >= 0.6 is 45.1 Å². The number of unbranched alkanes of at least 4 members (excludes halogenated alkanes) is 1. The maximum absolute atomic E-state index is 12.4. The number of nitrogen functional groups attached to an aromatic ring is 1. The highest BCUT2D eigenvalue weighted by Crippen LogP contribution is 2.66. The van der Waals surface area contributed by atoms with Gasteiger partial charge in [-0.3, -0.25) is 9.32 Å². The zero-order valence-electron chi connectivity index (χ0n) is 29.8. The van der Waals surface area contributed by atoms with Gasteiger partial charge in [-0.2, -0.15) is 8.62 Å². The Bertz CT molecular complexity index is 1800. The van der Waals surface area contributed by atoms with Crippen molar-refractivity contribution in [1.82, 2.24) is 14.5 Å². The van der Waals surface area contributed by atoms with Gasteiger partial charge in [-0.25, -0.2) is 23.7 Å². The van der Waals surface area contributed by atoms with Crippen molar-refractivity contribution >= 4 is 88.5 Å². The normalized spacial score (nSPS) is 20.6. The molecule has 1 fully saturated rings. The van der Waals surface area contributed by atoms with Gasteiger partial charge >= 0.3 is 29.4 Å². The summed E-state index contributed by atoms with van der Waals surface area (Å²) in [5.41, 5.74) is 6.96. The molecule has 1 saturated heterocycles. The standard InChI is InChI=1S/C28H45N4O15P3S4/c1-5-28(2,3)53-52-18-41-12-8-9-13-42-24(33)11-7-6-10-20-15-32(27-25(20)26(29)30-17-31-27)23-14-21(43-19-54(4)51)22(45-23)16-44-49(37,38)47-50(39,40)46-48(34,35)36/h15,17,21-23H,5,7-9,11-14,16,18-19H2,1-4H3,(H,37,38)(H,39,40)(H2,29,30,31)(H2,34,35,36)/t21-,22+,23+,54?/m0/s1. The molecule has 54 heavy (non-hydrogen) atoms. The first-order chi connectivity index (χ1) is 25.2. The summed E-state index contributed by atoms with van der Waals surface area (Å²) in [5, 5.41) is 0.416. The molecule has 3 unspecified atom stereocenters. The molecule has 3 heterocycles. The summed E-state index contributed by atoms with van der Waals surface area (Å²) in [7, 11) is -13.8. The van der Waals surface area contributed by atoms with Crippen molar-refractivity contribution in [2.24, 2.45) is 0 Å². The van der Waals surface area contributed by atoms with Crippen LogP contribution in [0.4, 0.5) is 5.82 Å². The summed E-state index contributed by atoms with van der Waals surface area (Å²) in [4.78, 5) is 57.6. The molecule has 0 amide bonds. The first-order valence-corrected chi connectivity index (χ1v) is 25.8. The average molecular weight is 899 g/mol. The fourth-order valence-corrected chi connectivity index (χ4v) is 10.4. The lowest BCUT2D eigenvalue weighted by Crippen LogP contribution is -2.29. The molecule has 0 saturated carbocycles. The molecule has 0 radical (unpaired) electrons. The molecule has 1 aliphatic heterocycles. The maximum atomic E-state index is 12.4. The predicted molar refractivity (Wildman–Crippen MR) is 207 cm³/mol. The summed E-state index contributed by atoms with van der Waals surface area (Å²) < 4.78 is 72.2. The zero-order valence-corrected chi connectivity index (χ0v) is 35.8. The molecule has 1 aliphatic rings. The number of ether oxygens (including phenoxy) is 4. The van der Waals surface area contributed by atoms with Crippen LogP contribution in [0.5, 0.6) is 0 Å². The molecule has 0 aliphatic carbocycles. The molecule has 3 rings (SSSR count). The Kier molecular flexibility index (Phi) is 19.0. The second-order valence-corrected chi connectivity index (χ2v) is 22.6. The van der Waals surface area contributed by atoms with Crippen LogP contribution in [0.1, 0.15) is 71.1 Å². The quantitative estimate of drug-likeness (QED) is 0.0253. The van der Waals surface area contributed by atoms with E-state index in [9.17, 15) is 28.3 Å². The smallest absolute Gasteiger partial charge is 0.466 e. The van der Waals surface area contributed by atoms with E-state index in [1.54, 1.807) is 38.6 Å². The maximum Gasteiger partial charge on any atom is 0.490 e. The fraction of sp³-hybridized carbons (Fsp3) is 0.679. The van der Waals surface area contributed by atoms with Gasteiger partial charge in [-0.05, 0) is 50.6 Å². The number of phosphoric acid groups is 3. The molecule has 26 heteroatoms. The number of hydrogen-bond acceptors (Lipinski definition) is 17. The van der Waals surface area contributed by atoms with E-state index in [0.29, 0.717) is 35.6 Å². The first kappa shape index (κ1) is 47.4. The van der Waals surface area contributed by atoms with E-state index in [1.807, 2.05) is 0 Å². The lowest BCUT2D eigenvalue weighted by Gasteiger charge is -2.21. The van der Waals surface area contributed by atoms with E-state index in [2.05, 4.69) is 51.2 Å². The van der Waals surface area contributed by atoms with Crippen LogP contribution in [0, 0.1) is 11.8 Å². The lowest BCUT2D eigenvalue weighted by molar-refractivity contribution is -0.143. The number of aromatic nitrogens is 3. The van der Waals surface area contributed by atoms with Crippen molar-refractivity contribution in [3.8, 4) is 11.8 Å². The topological polar surface area (TPSA) is 271 Å². The van der Waals surface area contributed by atoms with Gasteiger partial charge in [0.15, 0.2) is 0 Å². The lowest BCUT2D eigenvalue weighted by atomic mass is 10.1. The van der Waals surface area contributed by atoms with E-state index in [1.165, 1.54) is 6.33 Å². The van der Waals surface area contributed by atoms with Crippen LogP contribution in [0.2, 0.25) is 0 Å². The fourth-order valence-electron chi connectivity index (χ4n) is 4.50. The van der Waals surface area contributed by atoms with Crippen LogP contribution in [-0.4, -0.2) is 95.0 Å². The second kappa shape index (κ2) is 21.7. The molecular weight excluding hydrogens is 854 g/mol. The number of nitrogens with two attached hydrogens (primary N) is 1.